The van der Waals surface area contributed by atoms with Gasteiger partial charge < -0.3 is 9.47 Å². The zero-order valence-electron chi connectivity index (χ0n) is 9.80. The van der Waals surface area contributed by atoms with Gasteiger partial charge in [-0.15, -0.1) is 0 Å². The molecule has 0 saturated carbocycles. The minimum atomic E-state index is -0.655. The SMILES string of the molecule is COc1cc(Br)cc(OC)c1C(C)(C)C#N. The number of nitriles is 1. The lowest BCUT2D eigenvalue weighted by Crippen LogP contribution is -2.16. The molecule has 1 aromatic carbocycles. The van der Waals surface area contributed by atoms with Crippen LogP contribution in [0.5, 0.6) is 11.5 Å². The molecule has 0 radical (unpaired) electrons. The summed E-state index contributed by atoms with van der Waals surface area (Å²) in [5.41, 5.74) is 0.111. The second-order valence-electron chi connectivity index (χ2n) is 3.92. The van der Waals surface area contributed by atoms with Crippen molar-refractivity contribution in [3.63, 3.8) is 0 Å². The highest BCUT2D eigenvalue weighted by atomic mass is 79.9. The van der Waals surface area contributed by atoms with E-state index in [1.54, 1.807) is 14.2 Å². The number of nitrogens with zero attached hydrogens (tertiary/aromatic N) is 1. The Kier molecular flexibility index (Phi) is 3.82. The first-order valence-electron chi connectivity index (χ1n) is 4.79. The van der Waals surface area contributed by atoms with Gasteiger partial charge in [0.05, 0.1) is 31.3 Å². The van der Waals surface area contributed by atoms with Crippen molar-refractivity contribution in [2.45, 2.75) is 19.3 Å². The molecule has 1 aromatic rings. The van der Waals surface area contributed by atoms with Gasteiger partial charge in [0.1, 0.15) is 11.5 Å². The van der Waals surface area contributed by atoms with E-state index in [2.05, 4.69) is 22.0 Å². The lowest BCUT2D eigenvalue weighted by atomic mass is 9.85. The van der Waals surface area contributed by atoms with Crippen LogP contribution in [0.1, 0.15) is 19.4 Å². The highest BCUT2D eigenvalue weighted by Crippen LogP contribution is 2.40. The maximum atomic E-state index is 9.18. The smallest absolute Gasteiger partial charge is 0.128 e. The van der Waals surface area contributed by atoms with Crippen molar-refractivity contribution >= 4 is 15.9 Å². The fourth-order valence-corrected chi connectivity index (χ4v) is 1.97. The summed E-state index contributed by atoms with van der Waals surface area (Å²) in [4.78, 5) is 0. The van der Waals surface area contributed by atoms with Gasteiger partial charge in [-0.25, -0.2) is 0 Å². The fourth-order valence-electron chi connectivity index (χ4n) is 1.55. The standard InChI is InChI=1S/C12H14BrNO2/c1-12(2,7-14)11-9(15-3)5-8(13)6-10(11)16-4/h5-6H,1-4H3. The number of hydrogen-bond acceptors (Lipinski definition) is 3. The summed E-state index contributed by atoms with van der Waals surface area (Å²) in [7, 11) is 3.16. The molecule has 0 atom stereocenters. The Morgan fingerprint density at radius 1 is 1.19 bits per heavy atom. The quantitative estimate of drug-likeness (QED) is 0.855. The van der Waals surface area contributed by atoms with Crippen molar-refractivity contribution < 1.29 is 9.47 Å². The topological polar surface area (TPSA) is 42.2 Å². The normalized spacial score (nSPS) is 10.8. The van der Waals surface area contributed by atoms with Crippen molar-refractivity contribution in [2.75, 3.05) is 14.2 Å². The summed E-state index contributed by atoms with van der Waals surface area (Å²) in [5.74, 6) is 1.30. The zero-order valence-corrected chi connectivity index (χ0v) is 11.4. The second kappa shape index (κ2) is 4.75. The summed E-state index contributed by atoms with van der Waals surface area (Å²) in [5, 5.41) is 9.18. The average Bonchev–Trinajstić information content (AvgIpc) is 2.27. The molecule has 1 rings (SSSR count). The van der Waals surface area contributed by atoms with Crippen LogP contribution in [0.2, 0.25) is 0 Å². The van der Waals surface area contributed by atoms with Gasteiger partial charge >= 0.3 is 0 Å². The summed E-state index contributed by atoms with van der Waals surface area (Å²) in [6, 6.07) is 5.91. The number of benzene rings is 1. The third kappa shape index (κ3) is 2.30. The Morgan fingerprint density at radius 2 is 1.62 bits per heavy atom. The van der Waals surface area contributed by atoms with Gasteiger partial charge in [-0.1, -0.05) is 15.9 Å². The number of hydrogen-bond donors (Lipinski definition) is 0. The average molecular weight is 284 g/mol. The van der Waals surface area contributed by atoms with Gasteiger partial charge in [-0.2, -0.15) is 5.26 Å². The first kappa shape index (κ1) is 12.9. The van der Waals surface area contributed by atoms with Crippen LogP contribution in [0.3, 0.4) is 0 Å². The van der Waals surface area contributed by atoms with Crippen molar-refractivity contribution in [3.8, 4) is 17.6 Å². The molecule has 0 N–H and O–H groups in total. The molecule has 0 fully saturated rings. The summed E-state index contributed by atoms with van der Waals surface area (Å²) in [6.45, 7) is 3.67. The molecule has 0 aliphatic heterocycles. The molecular formula is C12H14BrNO2. The number of methoxy groups -OCH3 is 2. The maximum absolute atomic E-state index is 9.18. The Balaban J connectivity index is 3.52. The Morgan fingerprint density at radius 3 is 1.94 bits per heavy atom. The summed E-state index contributed by atoms with van der Waals surface area (Å²) in [6.07, 6.45) is 0. The highest BCUT2D eigenvalue weighted by Gasteiger charge is 2.28. The van der Waals surface area contributed by atoms with Crippen LogP contribution in [0.4, 0.5) is 0 Å². The molecule has 0 unspecified atom stereocenters. The van der Waals surface area contributed by atoms with E-state index >= 15 is 0 Å². The summed E-state index contributed by atoms with van der Waals surface area (Å²) < 4.78 is 11.5. The van der Waals surface area contributed by atoms with E-state index in [0.717, 1.165) is 10.0 Å². The minimum Gasteiger partial charge on any atom is -0.496 e. The van der Waals surface area contributed by atoms with Gasteiger partial charge in [0.2, 0.25) is 0 Å². The Hall–Kier alpha value is -1.21. The van der Waals surface area contributed by atoms with Crippen molar-refractivity contribution in [1.82, 2.24) is 0 Å². The first-order valence-corrected chi connectivity index (χ1v) is 5.59. The minimum absolute atomic E-state index is 0.651. The molecule has 16 heavy (non-hydrogen) atoms. The van der Waals surface area contributed by atoms with Gasteiger partial charge in [-0.3, -0.25) is 0 Å². The number of rotatable bonds is 3. The van der Waals surface area contributed by atoms with Crippen LogP contribution in [0.25, 0.3) is 0 Å². The molecule has 0 heterocycles. The third-order valence-corrected chi connectivity index (χ3v) is 2.83. The van der Waals surface area contributed by atoms with Gasteiger partial charge in [0.25, 0.3) is 0 Å². The van der Waals surface area contributed by atoms with Crippen LogP contribution >= 0.6 is 15.9 Å². The molecule has 0 aliphatic carbocycles. The van der Waals surface area contributed by atoms with Crippen molar-refractivity contribution in [3.05, 3.63) is 22.2 Å². The second-order valence-corrected chi connectivity index (χ2v) is 4.84. The molecule has 0 aliphatic rings. The Labute approximate surface area is 104 Å². The molecule has 0 saturated heterocycles. The first-order chi connectivity index (χ1) is 7.46. The molecular weight excluding hydrogens is 270 g/mol. The van der Waals surface area contributed by atoms with E-state index in [4.69, 9.17) is 9.47 Å². The van der Waals surface area contributed by atoms with Gasteiger partial charge in [0.15, 0.2) is 0 Å². The van der Waals surface area contributed by atoms with Crippen LogP contribution in [-0.2, 0) is 5.41 Å². The van der Waals surface area contributed by atoms with Crippen molar-refractivity contribution in [1.29, 1.82) is 5.26 Å². The number of ether oxygens (including phenoxy) is 2. The third-order valence-electron chi connectivity index (χ3n) is 2.38. The fraction of sp³-hybridized carbons (Fsp3) is 0.417. The molecule has 0 bridgehead atoms. The molecule has 0 aromatic heterocycles. The van der Waals surface area contributed by atoms with Crippen LogP contribution in [0.15, 0.2) is 16.6 Å². The van der Waals surface area contributed by atoms with Crippen LogP contribution in [0, 0.1) is 11.3 Å². The number of halogens is 1. The monoisotopic (exact) mass is 283 g/mol. The molecule has 4 heteroatoms. The van der Waals surface area contributed by atoms with E-state index in [0.29, 0.717) is 11.5 Å². The van der Waals surface area contributed by atoms with Crippen LogP contribution < -0.4 is 9.47 Å². The van der Waals surface area contributed by atoms with E-state index < -0.39 is 5.41 Å². The van der Waals surface area contributed by atoms with Gasteiger partial charge in [0, 0.05) is 4.47 Å². The maximum Gasteiger partial charge on any atom is 0.128 e. The van der Waals surface area contributed by atoms with Crippen LogP contribution in [-0.4, -0.2) is 14.2 Å². The van der Waals surface area contributed by atoms with Crippen molar-refractivity contribution in [2.24, 2.45) is 0 Å². The van der Waals surface area contributed by atoms with E-state index in [9.17, 15) is 5.26 Å². The molecule has 0 spiro atoms. The van der Waals surface area contributed by atoms with E-state index in [1.807, 2.05) is 26.0 Å². The molecule has 86 valence electrons. The lowest BCUT2D eigenvalue weighted by Gasteiger charge is -2.22. The highest BCUT2D eigenvalue weighted by molar-refractivity contribution is 9.10. The summed E-state index contributed by atoms with van der Waals surface area (Å²) >= 11 is 3.37. The van der Waals surface area contributed by atoms with E-state index in [-0.39, 0.29) is 0 Å². The largest absolute Gasteiger partial charge is 0.496 e. The van der Waals surface area contributed by atoms with E-state index in [1.165, 1.54) is 0 Å². The lowest BCUT2D eigenvalue weighted by molar-refractivity contribution is 0.374. The predicted molar refractivity (Wildman–Crippen MR) is 65.9 cm³/mol. The zero-order chi connectivity index (χ0) is 12.3. The molecule has 3 nitrogen and oxygen atoms in total. The predicted octanol–water partition coefficient (Wildman–Crippen LogP) is 3.27. The Bertz CT molecular complexity index is 410. The molecule has 0 amide bonds. The van der Waals surface area contributed by atoms with Gasteiger partial charge in [-0.05, 0) is 26.0 Å².